The molecule has 2 N–H and O–H groups in total. The van der Waals surface area contributed by atoms with Gasteiger partial charge < -0.3 is 5.73 Å². The normalized spacial score (nSPS) is 45.1. The van der Waals surface area contributed by atoms with Crippen LogP contribution in [0.2, 0.25) is 0 Å². The topological polar surface area (TPSA) is 43.1 Å². The average Bonchev–Trinajstić information content (AvgIpc) is 2.28. The van der Waals surface area contributed by atoms with Crippen LogP contribution in [0.4, 0.5) is 0 Å². The Morgan fingerprint density at radius 2 is 1.82 bits per heavy atom. The number of carbonyl (C=O) groups excluding carboxylic acids is 1. The summed E-state index contributed by atoms with van der Waals surface area (Å²) in [5.41, 5.74) is 5.75. The van der Waals surface area contributed by atoms with Crippen molar-refractivity contribution >= 4 is 5.91 Å². The van der Waals surface area contributed by atoms with Crippen LogP contribution < -0.4 is 5.73 Å². The number of hydrogen-bond donors (Lipinski definition) is 1. The Labute approximate surface area is 67.1 Å². The second-order valence-corrected chi connectivity index (χ2v) is 4.61. The molecule has 2 aliphatic carbocycles. The number of primary amides is 1. The highest BCUT2D eigenvalue weighted by Crippen LogP contribution is 2.68. The van der Waals surface area contributed by atoms with Crippen molar-refractivity contribution in [3.8, 4) is 0 Å². The van der Waals surface area contributed by atoms with Crippen LogP contribution >= 0.6 is 0 Å². The zero-order valence-electron chi connectivity index (χ0n) is 7.13. The lowest BCUT2D eigenvalue weighted by atomic mass is 9.93. The molecule has 62 valence electrons. The Morgan fingerprint density at radius 1 is 1.36 bits per heavy atom. The molecule has 2 saturated carbocycles. The van der Waals surface area contributed by atoms with E-state index in [0.29, 0.717) is 5.41 Å². The van der Waals surface area contributed by atoms with Gasteiger partial charge in [0.05, 0.1) is 0 Å². The Bertz CT molecular complexity index is 196. The van der Waals surface area contributed by atoms with E-state index in [1.54, 1.807) is 0 Å². The molecule has 0 bridgehead atoms. The third-order valence-electron chi connectivity index (χ3n) is 3.77. The van der Waals surface area contributed by atoms with Crippen LogP contribution in [0.1, 0.15) is 26.7 Å². The van der Waals surface area contributed by atoms with Crippen molar-refractivity contribution in [2.45, 2.75) is 26.7 Å². The Morgan fingerprint density at radius 3 is 2.18 bits per heavy atom. The van der Waals surface area contributed by atoms with E-state index in [1.807, 2.05) is 0 Å². The molecular weight excluding hydrogens is 138 g/mol. The summed E-state index contributed by atoms with van der Waals surface area (Å²) in [6.45, 7) is 4.58. The first-order valence-corrected chi connectivity index (χ1v) is 4.33. The van der Waals surface area contributed by atoms with Gasteiger partial charge in [0.2, 0.25) is 5.91 Å². The van der Waals surface area contributed by atoms with Gasteiger partial charge in [0.25, 0.3) is 0 Å². The van der Waals surface area contributed by atoms with E-state index in [1.165, 1.54) is 0 Å². The van der Waals surface area contributed by atoms with Crippen molar-refractivity contribution in [1.82, 2.24) is 0 Å². The lowest BCUT2D eigenvalue weighted by molar-refractivity contribution is -0.122. The number of carbonyl (C=O) groups is 1. The molecule has 0 aromatic heterocycles. The summed E-state index contributed by atoms with van der Waals surface area (Å²) in [7, 11) is 0. The SMILES string of the molecule is CC1(C)C2CC(C(N)=O)CC21. The van der Waals surface area contributed by atoms with Crippen molar-refractivity contribution in [3.63, 3.8) is 0 Å². The molecule has 0 saturated heterocycles. The minimum atomic E-state index is -0.0898. The van der Waals surface area contributed by atoms with Gasteiger partial charge in [-0.1, -0.05) is 13.8 Å². The van der Waals surface area contributed by atoms with Crippen LogP contribution in [0.25, 0.3) is 0 Å². The van der Waals surface area contributed by atoms with E-state index in [-0.39, 0.29) is 11.8 Å². The molecule has 2 atom stereocenters. The first kappa shape index (κ1) is 7.14. The highest BCUT2D eigenvalue weighted by Gasteiger charge is 2.62. The van der Waals surface area contributed by atoms with E-state index in [2.05, 4.69) is 13.8 Å². The predicted molar refractivity (Wildman–Crippen MR) is 42.7 cm³/mol. The number of hydrogen-bond acceptors (Lipinski definition) is 1. The number of amides is 1. The molecule has 0 aromatic carbocycles. The fourth-order valence-electron chi connectivity index (χ4n) is 2.74. The maximum atomic E-state index is 10.8. The smallest absolute Gasteiger partial charge is 0.220 e. The fourth-order valence-corrected chi connectivity index (χ4v) is 2.74. The number of fused-ring (bicyclic) bond motifs is 1. The maximum absolute atomic E-state index is 10.8. The van der Waals surface area contributed by atoms with Gasteiger partial charge >= 0.3 is 0 Å². The summed E-state index contributed by atoms with van der Waals surface area (Å²) in [6, 6.07) is 0. The highest BCUT2D eigenvalue weighted by atomic mass is 16.1. The molecule has 2 rings (SSSR count). The van der Waals surface area contributed by atoms with Crippen LogP contribution in [-0.4, -0.2) is 5.91 Å². The van der Waals surface area contributed by atoms with Gasteiger partial charge in [-0.2, -0.15) is 0 Å². The van der Waals surface area contributed by atoms with Crippen LogP contribution in [0, 0.1) is 23.2 Å². The fraction of sp³-hybridized carbons (Fsp3) is 0.889. The largest absolute Gasteiger partial charge is 0.369 e. The lowest BCUT2D eigenvalue weighted by Gasteiger charge is -2.12. The van der Waals surface area contributed by atoms with E-state index >= 15 is 0 Å². The van der Waals surface area contributed by atoms with Crippen molar-refractivity contribution in [3.05, 3.63) is 0 Å². The average molecular weight is 153 g/mol. The molecule has 2 unspecified atom stereocenters. The summed E-state index contributed by atoms with van der Waals surface area (Å²) in [5, 5.41) is 0. The van der Waals surface area contributed by atoms with Gasteiger partial charge in [-0.05, 0) is 30.1 Å². The molecule has 2 nitrogen and oxygen atoms in total. The first-order valence-electron chi connectivity index (χ1n) is 4.33. The number of rotatable bonds is 1. The zero-order chi connectivity index (χ0) is 8.22. The van der Waals surface area contributed by atoms with Crippen molar-refractivity contribution in [2.75, 3.05) is 0 Å². The van der Waals surface area contributed by atoms with Gasteiger partial charge in [0.1, 0.15) is 0 Å². The molecule has 11 heavy (non-hydrogen) atoms. The van der Waals surface area contributed by atoms with Gasteiger partial charge in [0.15, 0.2) is 0 Å². The standard InChI is InChI=1S/C9H15NO/c1-9(2)6-3-5(8(10)11)4-7(6)9/h5-7H,3-4H2,1-2H3,(H2,10,11). The van der Waals surface area contributed by atoms with Crippen molar-refractivity contribution in [1.29, 1.82) is 0 Å². The van der Waals surface area contributed by atoms with Gasteiger partial charge in [-0.3, -0.25) is 4.79 Å². The Hall–Kier alpha value is -0.530. The number of nitrogens with two attached hydrogens (primary N) is 1. The molecule has 1 amide bonds. The van der Waals surface area contributed by atoms with E-state index in [4.69, 9.17) is 5.73 Å². The third kappa shape index (κ3) is 0.815. The summed E-state index contributed by atoms with van der Waals surface area (Å²) in [5.74, 6) is 1.69. The third-order valence-corrected chi connectivity index (χ3v) is 3.77. The molecule has 2 heteroatoms. The predicted octanol–water partition coefficient (Wildman–Crippen LogP) is 1.15. The minimum absolute atomic E-state index is 0.0898. The summed E-state index contributed by atoms with van der Waals surface area (Å²) < 4.78 is 0. The van der Waals surface area contributed by atoms with E-state index in [0.717, 1.165) is 24.7 Å². The molecule has 2 aliphatic rings. The Kier molecular flexibility index (Phi) is 1.16. The van der Waals surface area contributed by atoms with Gasteiger partial charge in [0, 0.05) is 5.92 Å². The second-order valence-electron chi connectivity index (χ2n) is 4.61. The zero-order valence-corrected chi connectivity index (χ0v) is 7.13. The van der Waals surface area contributed by atoms with Crippen LogP contribution in [0.15, 0.2) is 0 Å². The molecule has 0 aliphatic heterocycles. The van der Waals surface area contributed by atoms with E-state index < -0.39 is 0 Å². The molecule has 0 heterocycles. The summed E-state index contributed by atoms with van der Waals surface area (Å²) in [6.07, 6.45) is 2.10. The minimum Gasteiger partial charge on any atom is -0.369 e. The second kappa shape index (κ2) is 1.79. The van der Waals surface area contributed by atoms with Crippen LogP contribution in [0.5, 0.6) is 0 Å². The van der Waals surface area contributed by atoms with Gasteiger partial charge in [-0.15, -0.1) is 0 Å². The van der Waals surface area contributed by atoms with E-state index in [9.17, 15) is 4.79 Å². The molecule has 0 radical (unpaired) electrons. The summed E-state index contributed by atoms with van der Waals surface area (Å²) in [4.78, 5) is 10.8. The molecule has 0 spiro atoms. The first-order chi connectivity index (χ1) is 5.03. The monoisotopic (exact) mass is 153 g/mol. The molecule has 2 fully saturated rings. The Balaban J connectivity index is 2.00. The van der Waals surface area contributed by atoms with Crippen LogP contribution in [-0.2, 0) is 4.79 Å². The van der Waals surface area contributed by atoms with Crippen LogP contribution in [0.3, 0.4) is 0 Å². The quantitative estimate of drug-likeness (QED) is 0.603. The summed E-state index contributed by atoms with van der Waals surface area (Å²) >= 11 is 0. The molecule has 0 aromatic rings. The maximum Gasteiger partial charge on any atom is 0.220 e. The lowest BCUT2D eigenvalue weighted by Crippen LogP contribution is -2.23. The van der Waals surface area contributed by atoms with Gasteiger partial charge in [-0.25, -0.2) is 0 Å². The highest BCUT2D eigenvalue weighted by molar-refractivity contribution is 5.77. The van der Waals surface area contributed by atoms with Crippen molar-refractivity contribution < 1.29 is 4.79 Å². The molecular formula is C9H15NO. The van der Waals surface area contributed by atoms with Crippen molar-refractivity contribution in [2.24, 2.45) is 28.9 Å².